The second kappa shape index (κ2) is 59.5. The first-order valence-corrected chi connectivity index (χ1v) is 25.1. The lowest BCUT2D eigenvalue weighted by Crippen LogP contribution is -2.09. The largest absolute Gasteiger partial charge is 0.466 e. The highest BCUT2D eigenvalue weighted by molar-refractivity contribution is 5.91. The number of carbonyl (C=O) groups excluding carboxylic acids is 4. The van der Waals surface area contributed by atoms with Crippen LogP contribution in [0, 0.1) is 11.8 Å². The minimum absolute atomic E-state index is 0.0417. The molecule has 0 amide bonds. The molecule has 0 aliphatic rings. The van der Waals surface area contributed by atoms with Gasteiger partial charge in [0.15, 0.2) is 0 Å². The van der Waals surface area contributed by atoms with E-state index in [0.717, 1.165) is 81.8 Å². The standard InChI is InChI=1S/C25H48O4.C12H26.C8H12O4.C6H14O4/c1-22(2)16-10-8-14-20-28-24(26)18-12-6-5-7-13-19-25(27)29-21-15-9-11-17-23(3)4;1-3-5-7-9-11-12-10-8-6-4-2;1-3-11-7(9)5-6-8(10)12-4-2;7-1-3-9-5-6-10-4-2-8/h22-23H,5-21H2,1-4H3;3-12H2,1-2H3;5-6H,3-4H2,1-2H3;7-8H,1-6H2/b;;6-5-;. The molecule has 0 aliphatic heterocycles. The van der Waals surface area contributed by atoms with E-state index in [1.54, 1.807) is 13.8 Å². The first kappa shape index (κ1) is 67.1. The molecular formula is C51H100O12. The molecular weight excluding hydrogens is 805 g/mol. The zero-order chi connectivity index (χ0) is 47.9. The van der Waals surface area contributed by atoms with Crippen molar-refractivity contribution in [3.63, 3.8) is 0 Å². The second-order valence-electron chi connectivity index (χ2n) is 16.5. The van der Waals surface area contributed by atoms with E-state index in [9.17, 15) is 19.2 Å². The van der Waals surface area contributed by atoms with Crippen LogP contribution in [0.3, 0.4) is 0 Å². The number of esters is 4. The topological polar surface area (TPSA) is 164 Å². The molecule has 0 spiro atoms. The zero-order valence-electron chi connectivity index (χ0n) is 42.0. The third kappa shape index (κ3) is 71.3. The fourth-order valence-electron chi connectivity index (χ4n) is 5.78. The molecule has 0 heterocycles. The van der Waals surface area contributed by atoms with E-state index < -0.39 is 11.9 Å². The lowest BCUT2D eigenvalue weighted by Gasteiger charge is -2.07. The van der Waals surface area contributed by atoms with Crippen molar-refractivity contribution in [3.8, 4) is 0 Å². The van der Waals surface area contributed by atoms with Gasteiger partial charge in [0.05, 0.1) is 66.1 Å². The highest BCUT2D eigenvalue weighted by Crippen LogP contribution is 2.12. The first-order valence-electron chi connectivity index (χ1n) is 25.1. The van der Waals surface area contributed by atoms with Crippen molar-refractivity contribution >= 4 is 23.9 Å². The van der Waals surface area contributed by atoms with E-state index >= 15 is 0 Å². The molecule has 0 radical (unpaired) electrons. The SMILES string of the molecule is CC(C)CCCCCOC(=O)CCCCCCCC(=O)OCCCCCC(C)C.CCCCCCCCCCCC.CCOC(=O)/C=C\C(=O)OCC.OCCOCCOCCO. The fraction of sp³-hybridized carbons (Fsp3) is 0.882. The van der Waals surface area contributed by atoms with E-state index in [0.29, 0.717) is 65.7 Å². The Morgan fingerprint density at radius 3 is 1.02 bits per heavy atom. The van der Waals surface area contributed by atoms with Crippen LogP contribution in [-0.4, -0.2) is 100 Å². The van der Waals surface area contributed by atoms with Crippen molar-refractivity contribution < 1.29 is 57.8 Å². The molecule has 0 saturated carbocycles. The minimum atomic E-state index is -0.537. The molecule has 0 atom stereocenters. The van der Waals surface area contributed by atoms with Crippen molar-refractivity contribution in [1.82, 2.24) is 0 Å². The van der Waals surface area contributed by atoms with Crippen molar-refractivity contribution in [3.05, 3.63) is 12.2 Å². The summed E-state index contributed by atoms with van der Waals surface area (Å²) in [5.41, 5.74) is 0. The van der Waals surface area contributed by atoms with E-state index in [1.165, 1.54) is 89.9 Å². The third-order valence-corrected chi connectivity index (χ3v) is 9.37. The van der Waals surface area contributed by atoms with Gasteiger partial charge in [0, 0.05) is 25.0 Å². The molecule has 0 aromatic rings. The Kier molecular flexibility index (Phi) is 63.3. The lowest BCUT2D eigenvalue weighted by atomic mass is 10.1. The van der Waals surface area contributed by atoms with Crippen LogP contribution in [0.4, 0.5) is 0 Å². The van der Waals surface area contributed by atoms with Crippen LogP contribution in [-0.2, 0) is 47.6 Å². The molecule has 0 saturated heterocycles. The summed E-state index contributed by atoms with van der Waals surface area (Å²) in [4.78, 5) is 44.6. The summed E-state index contributed by atoms with van der Waals surface area (Å²) in [6, 6.07) is 0. The summed E-state index contributed by atoms with van der Waals surface area (Å²) in [5, 5.41) is 16.5. The van der Waals surface area contributed by atoms with Crippen LogP contribution in [0.25, 0.3) is 0 Å². The maximum atomic E-state index is 11.7. The number of rotatable bonds is 40. The van der Waals surface area contributed by atoms with E-state index in [4.69, 9.17) is 29.2 Å². The predicted molar refractivity (Wildman–Crippen MR) is 257 cm³/mol. The van der Waals surface area contributed by atoms with Gasteiger partial charge in [-0.1, -0.05) is 164 Å². The normalized spacial score (nSPS) is 10.7. The van der Waals surface area contributed by atoms with Gasteiger partial charge in [0.1, 0.15) is 0 Å². The van der Waals surface area contributed by atoms with Crippen molar-refractivity contribution in [2.75, 3.05) is 66.1 Å². The number of hydrogen-bond acceptors (Lipinski definition) is 12. The fourth-order valence-corrected chi connectivity index (χ4v) is 5.78. The number of unbranched alkanes of at least 4 members (excludes halogenated alkanes) is 17. The van der Waals surface area contributed by atoms with Crippen LogP contribution in [0.15, 0.2) is 12.2 Å². The monoisotopic (exact) mass is 905 g/mol. The highest BCUT2D eigenvalue weighted by Gasteiger charge is 2.05. The van der Waals surface area contributed by atoms with Crippen molar-refractivity contribution in [2.45, 2.75) is 216 Å². The quantitative estimate of drug-likeness (QED) is 0.0259. The van der Waals surface area contributed by atoms with Gasteiger partial charge in [-0.05, 0) is 51.4 Å². The number of hydrogen-bond donors (Lipinski definition) is 2. The maximum Gasteiger partial charge on any atom is 0.330 e. The Morgan fingerprint density at radius 2 is 0.714 bits per heavy atom. The Bertz CT molecular complexity index is 896. The predicted octanol–water partition coefficient (Wildman–Crippen LogP) is 11.8. The average molecular weight is 905 g/mol. The molecule has 0 aliphatic carbocycles. The first-order chi connectivity index (χ1) is 30.4. The number of carbonyl (C=O) groups is 4. The summed E-state index contributed by atoms with van der Waals surface area (Å²) in [5.74, 6) is 0.313. The summed E-state index contributed by atoms with van der Waals surface area (Å²) in [7, 11) is 0. The smallest absolute Gasteiger partial charge is 0.330 e. The van der Waals surface area contributed by atoms with Crippen LogP contribution in [0.5, 0.6) is 0 Å². The van der Waals surface area contributed by atoms with Crippen LogP contribution in [0.2, 0.25) is 0 Å². The highest BCUT2D eigenvalue weighted by atomic mass is 16.5. The van der Waals surface area contributed by atoms with Gasteiger partial charge in [-0.3, -0.25) is 9.59 Å². The van der Waals surface area contributed by atoms with Gasteiger partial charge in [-0.15, -0.1) is 0 Å². The van der Waals surface area contributed by atoms with Crippen molar-refractivity contribution in [1.29, 1.82) is 0 Å². The summed E-state index contributed by atoms with van der Waals surface area (Å²) < 4.78 is 29.4. The van der Waals surface area contributed by atoms with Gasteiger partial charge in [-0.2, -0.15) is 0 Å². The third-order valence-electron chi connectivity index (χ3n) is 9.37. The molecule has 0 unspecified atom stereocenters. The van der Waals surface area contributed by atoms with Crippen LogP contribution in [0.1, 0.15) is 216 Å². The summed E-state index contributed by atoms with van der Waals surface area (Å²) in [6.45, 7) is 20.3. The molecule has 0 bridgehead atoms. The maximum absolute atomic E-state index is 11.7. The molecule has 63 heavy (non-hydrogen) atoms. The molecule has 0 rings (SSSR count). The van der Waals surface area contributed by atoms with Crippen molar-refractivity contribution in [2.24, 2.45) is 11.8 Å². The molecule has 0 fully saturated rings. The van der Waals surface area contributed by atoms with E-state index in [2.05, 4.69) is 51.0 Å². The molecule has 0 aromatic heterocycles. The molecule has 12 nitrogen and oxygen atoms in total. The Balaban J connectivity index is -0.000000420. The summed E-state index contributed by atoms with van der Waals surface area (Å²) >= 11 is 0. The van der Waals surface area contributed by atoms with Gasteiger partial charge in [-0.25, -0.2) is 9.59 Å². The van der Waals surface area contributed by atoms with Gasteiger partial charge in [0.2, 0.25) is 0 Å². The average Bonchev–Trinajstić information content (AvgIpc) is 3.25. The molecule has 12 heteroatoms. The second-order valence-corrected chi connectivity index (χ2v) is 16.5. The Hall–Kier alpha value is -2.54. The van der Waals surface area contributed by atoms with Gasteiger partial charge < -0.3 is 38.6 Å². The van der Waals surface area contributed by atoms with Crippen LogP contribution < -0.4 is 0 Å². The molecule has 0 aromatic carbocycles. The molecule has 2 N–H and O–H groups in total. The van der Waals surface area contributed by atoms with Gasteiger partial charge >= 0.3 is 23.9 Å². The number of aliphatic hydroxyl groups excluding tert-OH is 2. The summed E-state index contributed by atoms with van der Waals surface area (Å²) in [6.07, 6.45) is 31.6. The van der Waals surface area contributed by atoms with Gasteiger partial charge in [0.25, 0.3) is 0 Å². The minimum Gasteiger partial charge on any atom is -0.466 e. The lowest BCUT2D eigenvalue weighted by molar-refractivity contribution is -0.144. The number of ether oxygens (including phenoxy) is 6. The molecule has 376 valence electrons. The van der Waals surface area contributed by atoms with Crippen LogP contribution >= 0.6 is 0 Å². The van der Waals surface area contributed by atoms with E-state index in [-0.39, 0.29) is 25.2 Å². The number of aliphatic hydroxyl groups is 2. The Labute approximate surface area is 386 Å². The zero-order valence-corrected chi connectivity index (χ0v) is 42.0. The van der Waals surface area contributed by atoms with E-state index in [1.807, 2.05) is 0 Å². The Morgan fingerprint density at radius 1 is 0.397 bits per heavy atom.